The zero-order valence-corrected chi connectivity index (χ0v) is 16.1. The van der Waals surface area contributed by atoms with Gasteiger partial charge in [-0.25, -0.2) is 0 Å². The van der Waals surface area contributed by atoms with E-state index in [2.05, 4.69) is 15.4 Å². The molecule has 29 heavy (non-hydrogen) atoms. The van der Waals surface area contributed by atoms with Crippen LogP contribution >= 0.6 is 0 Å². The van der Waals surface area contributed by atoms with Crippen molar-refractivity contribution in [1.82, 2.24) is 19.7 Å². The molecule has 0 saturated carbocycles. The van der Waals surface area contributed by atoms with Gasteiger partial charge in [-0.2, -0.15) is 5.10 Å². The van der Waals surface area contributed by atoms with E-state index >= 15 is 0 Å². The Morgan fingerprint density at radius 1 is 1.24 bits per heavy atom. The molecule has 0 bridgehead atoms. The normalized spacial score (nSPS) is 22.7. The quantitative estimate of drug-likeness (QED) is 0.749. The van der Waals surface area contributed by atoms with Gasteiger partial charge >= 0.3 is 0 Å². The Hall–Kier alpha value is -3.48. The predicted octanol–water partition coefficient (Wildman–Crippen LogP) is 2.78. The maximum absolute atomic E-state index is 13.4. The summed E-state index contributed by atoms with van der Waals surface area (Å²) in [7, 11) is 0. The van der Waals surface area contributed by atoms with Crippen LogP contribution in [0.4, 0.5) is 5.69 Å². The van der Waals surface area contributed by atoms with Crippen molar-refractivity contribution in [3.63, 3.8) is 0 Å². The highest BCUT2D eigenvalue weighted by atomic mass is 16.2. The minimum atomic E-state index is -0.831. The molecule has 2 aliphatic heterocycles. The van der Waals surface area contributed by atoms with E-state index in [0.717, 1.165) is 16.8 Å². The van der Waals surface area contributed by atoms with E-state index < -0.39 is 11.5 Å². The number of para-hydroxylation sites is 1. The van der Waals surface area contributed by atoms with Crippen molar-refractivity contribution in [2.45, 2.75) is 31.3 Å². The van der Waals surface area contributed by atoms with Crippen LogP contribution in [0, 0.1) is 0 Å². The molecule has 2 atom stereocenters. The highest BCUT2D eigenvalue weighted by Gasteiger charge is 2.59. The second kappa shape index (κ2) is 6.55. The summed E-state index contributed by atoms with van der Waals surface area (Å²) < 4.78 is 1.73. The van der Waals surface area contributed by atoms with Crippen molar-refractivity contribution in [3.05, 3.63) is 77.9 Å². The number of amides is 2. The van der Waals surface area contributed by atoms with Crippen LogP contribution in [0.3, 0.4) is 0 Å². The first-order chi connectivity index (χ1) is 14.1. The number of nitrogens with zero attached hydrogens (tertiary/aromatic N) is 4. The summed E-state index contributed by atoms with van der Waals surface area (Å²) >= 11 is 0. The van der Waals surface area contributed by atoms with Gasteiger partial charge in [-0.15, -0.1) is 0 Å². The van der Waals surface area contributed by atoms with Gasteiger partial charge in [-0.3, -0.25) is 19.3 Å². The van der Waals surface area contributed by atoms with Gasteiger partial charge in [0, 0.05) is 37.4 Å². The van der Waals surface area contributed by atoms with E-state index in [1.807, 2.05) is 43.3 Å². The number of aromatic nitrogens is 3. The third kappa shape index (κ3) is 2.50. The van der Waals surface area contributed by atoms with Crippen molar-refractivity contribution < 1.29 is 9.59 Å². The van der Waals surface area contributed by atoms with Crippen LogP contribution in [0.5, 0.6) is 0 Å². The van der Waals surface area contributed by atoms with Crippen LogP contribution in [0.15, 0.2) is 61.1 Å². The molecule has 1 saturated heterocycles. The third-order valence-electron chi connectivity index (χ3n) is 6.03. The molecular weight excluding hydrogens is 366 g/mol. The summed E-state index contributed by atoms with van der Waals surface area (Å²) in [4.78, 5) is 32.8. The smallest absolute Gasteiger partial charge is 0.274 e. The fraction of sp³-hybridized carbons (Fsp3) is 0.273. The van der Waals surface area contributed by atoms with Crippen molar-refractivity contribution in [3.8, 4) is 0 Å². The number of fused-ring (bicyclic) bond motifs is 2. The minimum absolute atomic E-state index is 0.0676. The van der Waals surface area contributed by atoms with Gasteiger partial charge in [-0.1, -0.05) is 24.3 Å². The van der Waals surface area contributed by atoms with E-state index in [4.69, 9.17) is 0 Å². The molecule has 146 valence electrons. The summed E-state index contributed by atoms with van der Waals surface area (Å²) in [5, 5.41) is 7.41. The van der Waals surface area contributed by atoms with Gasteiger partial charge in [0.05, 0.1) is 6.04 Å². The molecule has 0 aliphatic carbocycles. The van der Waals surface area contributed by atoms with Crippen molar-refractivity contribution in [2.75, 3.05) is 11.9 Å². The van der Waals surface area contributed by atoms with Gasteiger partial charge < -0.3 is 10.2 Å². The second-order valence-electron chi connectivity index (χ2n) is 7.47. The number of likely N-dealkylation sites (tertiary alicyclic amines) is 1. The lowest BCUT2D eigenvalue weighted by molar-refractivity contribution is -0.121. The number of carbonyl (C=O) groups is 2. The topological polar surface area (TPSA) is 80.1 Å². The lowest BCUT2D eigenvalue weighted by atomic mass is 9.73. The van der Waals surface area contributed by atoms with E-state index in [0.29, 0.717) is 25.2 Å². The minimum Gasteiger partial charge on any atom is -0.329 e. The number of nitrogens with one attached hydrogen (secondary N) is 1. The molecule has 3 aromatic rings. The van der Waals surface area contributed by atoms with Crippen molar-refractivity contribution in [1.29, 1.82) is 0 Å². The first kappa shape index (κ1) is 17.6. The highest BCUT2D eigenvalue weighted by Crippen LogP contribution is 2.54. The fourth-order valence-corrected chi connectivity index (χ4v) is 4.71. The Kier molecular flexibility index (Phi) is 3.97. The number of hydrogen-bond acceptors (Lipinski definition) is 4. The molecule has 7 nitrogen and oxygen atoms in total. The zero-order valence-electron chi connectivity index (χ0n) is 16.1. The molecule has 2 aromatic heterocycles. The number of hydrogen-bond donors (Lipinski definition) is 1. The lowest BCUT2D eigenvalue weighted by Crippen LogP contribution is -2.42. The molecule has 1 N–H and O–H groups in total. The van der Waals surface area contributed by atoms with Gasteiger partial charge in [0.25, 0.3) is 5.91 Å². The Balaban J connectivity index is 1.64. The molecule has 0 radical (unpaired) electrons. The van der Waals surface area contributed by atoms with Crippen molar-refractivity contribution in [2.24, 2.45) is 0 Å². The number of pyridine rings is 1. The molecule has 1 fully saturated rings. The number of benzene rings is 1. The number of rotatable bonds is 3. The van der Waals surface area contributed by atoms with Gasteiger partial charge in [0.15, 0.2) is 0 Å². The highest BCUT2D eigenvalue weighted by molar-refractivity contribution is 6.08. The Labute approximate surface area is 168 Å². The monoisotopic (exact) mass is 387 g/mol. The van der Waals surface area contributed by atoms with Crippen LogP contribution < -0.4 is 5.32 Å². The summed E-state index contributed by atoms with van der Waals surface area (Å²) in [5.74, 6) is -0.234. The molecule has 2 unspecified atom stereocenters. The standard InChI is InChI=1S/C22H21N5O2/c1-2-26-12-9-18(25-26)20(28)27-13-10-22(19(27)15-6-5-11-23-14-15)16-7-3-4-8-17(16)24-21(22)29/h3-9,11-12,14,19H,2,10,13H2,1H3,(H,24,29). The van der Waals surface area contributed by atoms with Gasteiger partial charge in [0.1, 0.15) is 11.1 Å². The summed E-state index contributed by atoms with van der Waals surface area (Å²) in [6, 6.07) is 12.8. The van der Waals surface area contributed by atoms with E-state index in [9.17, 15) is 9.59 Å². The molecule has 5 rings (SSSR count). The van der Waals surface area contributed by atoms with Crippen LogP contribution in [0.1, 0.15) is 41.0 Å². The summed E-state index contributed by atoms with van der Waals surface area (Å²) in [6.07, 6.45) is 5.80. The Morgan fingerprint density at radius 2 is 2.10 bits per heavy atom. The first-order valence-corrected chi connectivity index (χ1v) is 9.80. The van der Waals surface area contributed by atoms with E-state index in [1.54, 1.807) is 34.2 Å². The maximum Gasteiger partial charge on any atom is 0.274 e. The van der Waals surface area contributed by atoms with Crippen LogP contribution in [-0.4, -0.2) is 38.0 Å². The summed E-state index contributed by atoms with van der Waals surface area (Å²) in [5.41, 5.74) is 2.16. The van der Waals surface area contributed by atoms with Gasteiger partial charge in [0.2, 0.25) is 5.91 Å². The predicted molar refractivity (Wildman–Crippen MR) is 107 cm³/mol. The summed E-state index contributed by atoms with van der Waals surface area (Å²) in [6.45, 7) is 3.14. The zero-order chi connectivity index (χ0) is 20.0. The number of aryl methyl sites for hydroxylation is 1. The van der Waals surface area contributed by atoms with E-state index in [1.165, 1.54) is 0 Å². The second-order valence-corrected chi connectivity index (χ2v) is 7.47. The third-order valence-corrected chi connectivity index (χ3v) is 6.03. The first-order valence-electron chi connectivity index (χ1n) is 9.80. The average Bonchev–Trinajstić information content (AvgIpc) is 3.46. The maximum atomic E-state index is 13.4. The fourth-order valence-electron chi connectivity index (χ4n) is 4.71. The van der Waals surface area contributed by atoms with Crippen LogP contribution in [0.25, 0.3) is 0 Å². The SMILES string of the molecule is CCn1ccc(C(=O)N2CCC3(C(=O)Nc4ccccc43)C2c2cccnc2)n1. The number of carbonyl (C=O) groups excluding carboxylic acids is 2. The largest absolute Gasteiger partial charge is 0.329 e. The molecule has 2 amide bonds. The Morgan fingerprint density at radius 3 is 2.86 bits per heavy atom. The number of anilines is 1. The van der Waals surface area contributed by atoms with Gasteiger partial charge in [-0.05, 0) is 42.7 Å². The molecule has 1 aromatic carbocycles. The molecule has 1 spiro atoms. The lowest BCUT2D eigenvalue weighted by Gasteiger charge is -2.33. The van der Waals surface area contributed by atoms with E-state index in [-0.39, 0.29) is 11.8 Å². The molecule has 7 heteroatoms. The van der Waals surface area contributed by atoms with Crippen molar-refractivity contribution >= 4 is 17.5 Å². The van der Waals surface area contributed by atoms with Crippen LogP contribution in [-0.2, 0) is 16.8 Å². The van der Waals surface area contributed by atoms with Crippen LogP contribution in [0.2, 0.25) is 0 Å². The molecular formula is C22H21N5O2. The average molecular weight is 387 g/mol. The molecule has 4 heterocycles. The Bertz CT molecular complexity index is 1090. The molecule has 2 aliphatic rings.